The van der Waals surface area contributed by atoms with Crippen LogP contribution in [0.4, 0.5) is 0 Å². The Morgan fingerprint density at radius 3 is 2.43 bits per heavy atom. The fraction of sp³-hybridized carbons (Fsp3) is 0.370. The molecule has 5 unspecified atom stereocenters. The first-order chi connectivity index (χ1) is 27.7. The van der Waals surface area contributed by atoms with Crippen molar-refractivity contribution < 1.29 is 4.74 Å². The van der Waals surface area contributed by atoms with Crippen molar-refractivity contribution in [1.29, 1.82) is 0 Å². The summed E-state index contributed by atoms with van der Waals surface area (Å²) in [5.41, 5.74) is 14.2. The van der Waals surface area contributed by atoms with Gasteiger partial charge in [0.25, 0.3) is 0 Å². The number of rotatable bonds is 6. The summed E-state index contributed by atoms with van der Waals surface area (Å²) >= 11 is 0. The summed E-state index contributed by atoms with van der Waals surface area (Å²) in [4.78, 5) is 2.87. The molecule has 0 radical (unpaired) electrons. The Morgan fingerprint density at radius 1 is 0.625 bits per heavy atom. The van der Waals surface area contributed by atoms with E-state index in [4.69, 9.17) is 4.74 Å². The number of allylic oxidation sites excluding steroid dienone is 18. The largest absolute Gasteiger partial charge is 0.485 e. The Hall–Kier alpha value is -4.82. The molecule has 1 aromatic rings. The zero-order valence-electron chi connectivity index (χ0n) is 32.8. The average molecular weight is 734 g/mol. The molecule has 0 amide bonds. The van der Waals surface area contributed by atoms with E-state index in [9.17, 15) is 0 Å². The molecule has 0 saturated heterocycles. The standard InChI is InChI=1S/C54H55NO/c1-2-10-39(11-3-1)50-15-8-16-51-52-35-43(25-32-53(52)56-54(50)51)38-23-28-46(29-24-38)55(47-30-31-49-44(34-47)20-18-40-12-6-7-14-48(40)49)45-26-21-37(22-27-45)42-19-17-36-9-4-5-13-41(36)33-42/h1-6,9-10,12-13,15,17,21-23,25-26,28-29,32-33,35,38-39,42,45,47,52-53H,7-8,11,14,16,18-20,24,27,30-31,34H2/t38-,39?,42?,45?,47+,52?,53?/m0/s1. The summed E-state index contributed by atoms with van der Waals surface area (Å²) < 4.78 is 6.74. The fourth-order valence-electron chi connectivity index (χ4n) is 11.7. The van der Waals surface area contributed by atoms with E-state index >= 15 is 0 Å². The zero-order chi connectivity index (χ0) is 37.0. The Morgan fingerprint density at radius 2 is 1.55 bits per heavy atom. The quantitative estimate of drug-likeness (QED) is 0.289. The van der Waals surface area contributed by atoms with E-state index in [2.05, 4.69) is 139 Å². The summed E-state index contributed by atoms with van der Waals surface area (Å²) in [6.45, 7) is 0. The van der Waals surface area contributed by atoms with Crippen LogP contribution in [-0.2, 0) is 4.74 Å². The van der Waals surface area contributed by atoms with E-state index in [0.717, 1.165) is 38.5 Å². The third-order valence-electron chi connectivity index (χ3n) is 14.6. The molecule has 0 aromatic heterocycles. The lowest BCUT2D eigenvalue weighted by molar-refractivity contribution is 0.167. The molecule has 0 fully saturated rings. The minimum atomic E-state index is 0.138. The van der Waals surface area contributed by atoms with Crippen LogP contribution in [0, 0.1) is 23.7 Å². The highest BCUT2D eigenvalue weighted by Gasteiger charge is 2.40. The summed E-state index contributed by atoms with van der Waals surface area (Å²) in [7, 11) is 0. The van der Waals surface area contributed by atoms with Crippen LogP contribution < -0.4 is 10.4 Å². The summed E-state index contributed by atoms with van der Waals surface area (Å²) in [5.74, 6) is 2.88. The molecule has 1 aromatic carbocycles. The Bertz CT molecular complexity index is 2370. The minimum Gasteiger partial charge on any atom is -0.485 e. The molecular formula is C54H55NO. The van der Waals surface area contributed by atoms with E-state index < -0.39 is 0 Å². The Balaban J connectivity index is 0.847. The number of nitrogens with zero attached hydrogens (tertiary/aromatic N) is 1. The summed E-state index contributed by atoms with van der Waals surface area (Å²) in [6, 6.07) is 9.77. The second-order valence-electron chi connectivity index (χ2n) is 17.7. The van der Waals surface area contributed by atoms with Gasteiger partial charge in [-0.1, -0.05) is 127 Å². The van der Waals surface area contributed by atoms with Gasteiger partial charge in [-0.15, -0.1) is 0 Å². The van der Waals surface area contributed by atoms with E-state index in [1.54, 1.807) is 22.3 Å². The van der Waals surface area contributed by atoms with Crippen molar-refractivity contribution in [2.24, 2.45) is 23.7 Å². The second kappa shape index (κ2) is 14.6. The van der Waals surface area contributed by atoms with Crippen LogP contribution in [0.2, 0.25) is 0 Å². The molecule has 0 saturated carbocycles. The molecule has 7 atom stereocenters. The highest BCUT2D eigenvalue weighted by atomic mass is 16.5. The molecular weight excluding hydrogens is 679 g/mol. The molecule has 0 spiro atoms. The van der Waals surface area contributed by atoms with Gasteiger partial charge in [0.15, 0.2) is 0 Å². The van der Waals surface area contributed by atoms with Crippen molar-refractivity contribution in [2.75, 3.05) is 0 Å². The zero-order valence-corrected chi connectivity index (χ0v) is 32.8. The van der Waals surface area contributed by atoms with Crippen molar-refractivity contribution in [1.82, 2.24) is 4.90 Å². The van der Waals surface area contributed by atoms with Crippen molar-refractivity contribution >= 4 is 12.2 Å². The van der Waals surface area contributed by atoms with E-state index in [-0.39, 0.29) is 6.10 Å². The maximum atomic E-state index is 6.74. The molecule has 9 aliphatic carbocycles. The second-order valence-corrected chi connectivity index (χ2v) is 17.7. The van der Waals surface area contributed by atoms with Crippen LogP contribution in [-0.4, -0.2) is 23.1 Å². The molecule has 56 heavy (non-hydrogen) atoms. The Labute approximate surface area is 333 Å². The van der Waals surface area contributed by atoms with Gasteiger partial charge in [-0.3, -0.25) is 0 Å². The lowest BCUT2D eigenvalue weighted by Gasteiger charge is -2.45. The normalized spacial score (nSPS) is 32.5. The van der Waals surface area contributed by atoms with Gasteiger partial charge < -0.3 is 9.64 Å². The van der Waals surface area contributed by atoms with Gasteiger partial charge in [0.2, 0.25) is 0 Å². The highest BCUT2D eigenvalue weighted by Crippen LogP contribution is 2.48. The minimum absolute atomic E-state index is 0.138. The predicted octanol–water partition coefficient (Wildman–Crippen LogP) is 11.2. The molecule has 0 N–H and O–H groups in total. The first-order valence-corrected chi connectivity index (χ1v) is 22.0. The maximum Gasteiger partial charge on any atom is 0.127 e. The molecule has 282 valence electrons. The first kappa shape index (κ1) is 34.4. The molecule has 1 aliphatic heterocycles. The summed E-state index contributed by atoms with van der Waals surface area (Å²) in [6.07, 6.45) is 59.1. The molecule has 2 nitrogen and oxygen atoms in total. The van der Waals surface area contributed by atoms with Crippen LogP contribution in [0.5, 0.6) is 0 Å². The number of fused-ring (bicyclic) bond motifs is 4. The van der Waals surface area contributed by atoms with Gasteiger partial charge in [0.05, 0.1) is 6.04 Å². The summed E-state index contributed by atoms with van der Waals surface area (Å²) in [5, 5.41) is 2.76. The molecule has 0 bridgehead atoms. The maximum absolute atomic E-state index is 6.74. The van der Waals surface area contributed by atoms with Crippen LogP contribution in [0.3, 0.4) is 0 Å². The lowest BCUT2D eigenvalue weighted by Crippen LogP contribution is -2.44. The fourth-order valence-corrected chi connectivity index (χ4v) is 11.7. The van der Waals surface area contributed by atoms with Gasteiger partial charge in [-0.25, -0.2) is 0 Å². The Kier molecular flexibility index (Phi) is 8.98. The number of benzene rings is 1. The van der Waals surface area contributed by atoms with E-state index in [0.29, 0.717) is 35.8 Å². The van der Waals surface area contributed by atoms with Gasteiger partial charge in [-0.2, -0.15) is 0 Å². The van der Waals surface area contributed by atoms with Gasteiger partial charge in [-0.05, 0) is 145 Å². The predicted molar refractivity (Wildman–Crippen MR) is 231 cm³/mol. The number of hydrogen-bond donors (Lipinski definition) is 0. The van der Waals surface area contributed by atoms with Crippen molar-refractivity contribution in [3.8, 4) is 0 Å². The highest BCUT2D eigenvalue weighted by molar-refractivity contribution is 5.52. The van der Waals surface area contributed by atoms with Gasteiger partial charge in [0, 0.05) is 35.4 Å². The van der Waals surface area contributed by atoms with Crippen LogP contribution >= 0.6 is 0 Å². The average Bonchev–Trinajstić information content (AvgIpc) is 3.65. The monoisotopic (exact) mass is 733 g/mol. The molecule has 2 heteroatoms. The SMILES string of the molecule is C1=CCC(C2=CCCC3=C2OC2C=CC([C@H]4C=CC(N(C5C=CC(C6C=c7ccccc7=CC6)=CC5)[C@@H]5CCC6=C(CCC7=C6CCC=C7)C5)=CC4)=CC32)C=C1. The topological polar surface area (TPSA) is 12.5 Å². The van der Waals surface area contributed by atoms with E-state index in [1.165, 1.54) is 89.1 Å². The van der Waals surface area contributed by atoms with Crippen LogP contribution in [0.15, 0.2) is 178 Å². The first-order valence-electron chi connectivity index (χ1n) is 22.0. The van der Waals surface area contributed by atoms with Crippen molar-refractivity contribution in [3.63, 3.8) is 0 Å². The molecule has 11 rings (SSSR count). The van der Waals surface area contributed by atoms with Crippen LogP contribution in [0.1, 0.15) is 83.5 Å². The molecule has 10 aliphatic rings. The molecule has 1 heterocycles. The van der Waals surface area contributed by atoms with Crippen molar-refractivity contribution in [3.05, 3.63) is 188 Å². The smallest absolute Gasteiger partial charge is 0.127 e. The van der Waals surface area contributed by atoms with Crippen LogP contribution in [0.25, 0.3) is 12.2 Å². The lowest BCUT2D eigenvalue weighted by atomic mass is 9.73. The number of hydrogen-bond acceptors (Lipinski definition) is 2. The van der Waals surface area contributed by atoms with Crippen molar-refractivity contribution in [2.45, 2.75) is 102 Å². The third-order valence-corrected chi connectivity index (χ3v) is 14.6. The number of ether oxygens (including phenoxy) is 1. The third kappa shape index (κ3) is 6.25. The van der Waals surface area contributed by atoms with Gasteiger partial charge in [0.1, 0.15) is 11.9 Å². The van der Waals surface area contributed by atoms with E-state index in [1.807, 2.05) is 0 Å². The van der Waals surface area contributed by atoms with Gasteiger partial charge >= 0.3 is 0 Å².